The van der Waals surface area contributed by atoms with Gasteiger partial charge in [0.05, 0.1) is 12.1 Å². The molecule has 1 fully saturated rings. The van der Waals surface area contributed by atoms with E-state index >= 15 is 0 Å². The van der Waals surface area contributed by atoms with E-state index in [-0.39, 0.29) is 5.91 Å². The van der Waals surface area contributed by atoms with Gasteiger partial charge in [-0.15, -0.1) is 0 Å². The van der Waals surface area contributed by atoms with Gasteiger partial charge in [0.1, 0.15) is 0 Å². The third kappa shape index (κ3) is 3.84. The van der Waals surface area contributed by atoms with E-state index in [1.165, 1.54) is 6.42 Å². The Morgan fingerprint density at radius 2 is 2.24 bits per heavy atom. The van der Waals surface area contributed by atoms with Gasteiger partial charge in [-0.25, -0.2) is 0 Å². The number of amides is 1. The van der Waals surface area contributed by atoms with Crippen molar-refractivity contribution in [3.05, 3.63) is 35.4 Å². The fourth-order valence-corrected chi connectivity index (χ4v) is 2.74. The minimum Gasteiger partial charge on any atom is -0.340 e. The SMILES string of the molecule is CN(CC1CCCN1C)C(=O)c1ccccc1C#CCN. The van der Waals surface area contributed by atoms with Crippen molar-refractivity contribution in [1.82, 2.24) is 9.80 Å². The van der Waals surface area contributed by atoms with Gasteiger partial charge in [-0.1, -0.05) is 24.0 Å². The van der Waals surface area contributed by atoms with Crippen LogP contribution < -0.4 is 5.73 Å². The molecule has 1 aliphatic rings. The Bertz CT molecular complexity index is 559. The number of carbonyl (C=O) groups excluding carboxylic acids is 1. The first-order valence-corrected chi connectivity index (χ1v) is 7.37. The molecule has 0 spiro atoms. The molecule has 1 saturated heterocycles. The van der Waals surface area contributed by atoms with E-state index in [1.807, 2.05) is 31.3 Å². The summed E-state index contributed by atoms with van der Waals surface area (Å²) in [6.07, 6.45) is 2.37. The first-order chi connectivity index (χ1) is 10.1. The van der Waals surface area contributed by atoms with E-state index in [1.54, 1.807) is 4.90 Å². The number of likely N-dealkylation sites (tertiary alicyclic amines) is 1. The van der Waals surface area contributed by atoms with Crippen LogP contribution in [0.15, 0.2) is 24.3 Å². The highest BCUT2D eigenvalue weighted by Gasteiger charge is 2.24. The van der Waals surface area contributed by atoms with E-state index in [9.17, 15) is 4.79 Å². The second-order valence-corrected chi connectivity index (χ2v) is 5.51. The van der Waals surface area contributed by atoms with Crippen LogP contribution in [-0.2, 0) is 0 Å². The topological polar surface area (TPSA) is 49.6 Å². The molecule has 0 radical (unpaired) electrons. The number of nitrogens with zero attached hydrogens (tertiary/aromatic N) is 2. The third-order valence-corrected chi connectivity index (χ3v) is 3.99. The third-order valence-electron chi connectivity index (χ3n) is 3.99. The summed E-state index contributed by atoms with van der Waals surface area (Å²) in [6.45, 7) is 2.17. The van der Waals surface area contributed by atoms with Crippen molar-refractivity contribution in [2.24, 2.45) is 5.73 Å². The zero-order chi connectivity index (χ0) is 15.2. The predicted octanol–water partition coefficient (Wildman–Crippen LogP) is 1.16. The highest BCUT2D eigenvalue weighted by molar-refractivity contribution is 5.96. The summed E-state index contributed by atoms with van der Waals surface area (Å²) in [4.78, 5) is 16.8. The smallest absolute Gasteiger partial charge is 0.254 e. The maximum Gasteiger partial charge on any atom is 0.254 e. The molecule has 1 heterocycles. The molecule has 2 rings (SSSR count). The quantitative estimate of drug-likeness (QED) is 0.848. The van der Waals surface area contributed by atoms with Crippen molar-refractivity contribution < 1.29 is 4.79 Å². The van der Waals surface area contributed by atoms with E-state index in [2.05, 4.69) is 23.8 Å². The number of carbonyl (C=O) groups is 1. The van der Waals surface area contributed by atoms with Crippen molar-refractivity contribution in [2.75, 3.05) is 33.7 Å². The Labute approximate surface area is 126 Å². The van der Waals surface area contributed by atoms with Crippen LogP contribution in [0.4, 0.5) is 0 Å². The lowest BCUT2D eigenvalue weighted by atomic mass is 10.1. The second-order valence-electron chi connectivity index (χ2n) is 5.51. The second kappa shape index (κ2) is 7.26. The van der Waals surface area contributed by atoms with E-state index < -0.39 is 0 Å². The molecular weight excluding hydrogens is 262 g/mol. The van der Waals surface area contributed by atoms with Gasteiger partial charge in [-0.05, 0) is 38.6 Å². The molecule has 1 unspecified atom stereocenters. The van der Waals surface area contributed by atoms with Crippen molar-refractivity contribution in [3.8, 4) is 11.8 Å². The largest absolute Gasteiger partial charge is 0.340 e. The van der Waals surface area contributed by atoms with Gasteiger partial charge in [-0.3, -0.25) is 4.79 Å². The predicted molar refractivity (Wildman–Crippen MR) is 85.0 cm³/mol. The first kappa shape index (κ1) is 15.6. The maximum atomic E-state index is 12.6. The molecule has 0 saturated carbocycles. The van der Waals surface area contributed by atoms with Gasteiger partial charge < -0.3 is 15.5 Å². The van der Waals surface area contributed by atoms with Crippen LogP contribution in [0.3, 0.4) is 0 Å². The number of hydrogen-bond acceptors (Lipinski definition) is 3. The molecule has 2 N–H and O–H groups in total. The number of hydrogen-bond donors (Lipinski definition) is 1. The molecule has 112 valence electrons. The van der Waals surface area contributed by atoms with Crippen molar-refractivity contribution in [3.63, 3.8) is 0 Å². The fourth-order valence-electron chi connectivity index (χ4n) is 2.74. The lowest BCUT2D eigenvalue weighted by Gasteiger charge is -2.26. The molecule has 4 nitrogen and oxygen atoms in total. The van der Waals surface area contributed by atoms with E-state index in [4.69, 9.17) is 5.73 Å². The monoisotopic (exact) mass is 285 g/mol. The Morgan fingerprint density at radius 1 is 1.48 bits per heavy atom. The van der Waals surface area contributed by atoms with Crippen LogP contribution in [-0.4, -0.2) is 55.5 Å². The van der Waals surface area contributed by atoms with Gasteiger partial charge in [-0.2, -0.15) is 0 Å². The zero-order valence-corrected chi connectivity index (χ0v) is 12.8. The molecule has 1 aromatic rings. The van der Waals surface area contributed by atoms with Gasteiger partial charge >= 0.3 is 0 Å². The highest BCUT2D eigenvalue weighted by atomic mass is 16.2. The Morgan fingerprint density at radius 3 is 2.90 bits per heavy atom. The minimum absolute atomic E-state index is 0.0252. The summed E-state index contributed by atoms with van der Waals surface area (Å²) in [6, 6.07) is 7.92. The van der Waals surface area contributed by atoms with Gasteiger partial charge in [0.15, 0.2) is 0 Å². The van der Waals surface area contributed by atoms with Crippen molar-refractivity contribution >= 4 is 5.91 Å². The van der Waals surface area contributed by atoms with Crippen LogP contribution in [0.1, 0.15) is 28.8 Å². The van der Waals surface area contributed by atoms with Gasteiger partial charge in [0.2, 0.25) is 0 Å². The number of rotatable bonds is 3. The summed E-state index contributed by atoms with van der Waals surface area (Å²) in [7, 11) is 3.98. The standard InChI is InChI=1S/C17H23N3O/c1-19-12-6-9-15(19)13-20(2)17(21)16-10-4-3-7-14(16)8-5-11-18/h3-4,7,10,15H,6,9,11-13,18H2,1-2H3. The van der Waals surface area contributed by atoms with Crippen LogP contribution in [0.25, 0.3) is 0 Å². The number of benzene rings is 1. The van der Waals surface area contributed by atoms with Crippen LogP contribution in [0.5, 0.6) is 0 Å². The lowest BCUT2D eigenvalue weighted by Crippen LogP contribution is -2.39. The van der Waals surface area contributed by atoms with Crippen LogP contribution in [0, 0.1) is 11.8 Å². The summed E-state index contributed by atoms with van der Waals surface area (Å²) in [5.41, 5.74) is 6.82. The average molecular weight is 285 g/mol. The highest BCUT2D eigenvalue weighted by Crippen LogP contribution is 2.17. The zero-order valence-electron chi connectivity index (χ0n) is 12.8. The maximum absolute atomic E-state index is 12.6. The fraction of sp³-hybridized carbons (Fsp3) is 0.471. The Hall–Kier alpha value is -1.83. The molecule has 21 heavy (non-hydrogen) atoms. The molecule has 1 aromatic carbocycles. The summed E-state index contributed by atoms with van der Waals surface area (Å²) < 4.78 is 0. The Kier molecular flexibility index (Phi) is 5.38. The van der Waals surface area contributed by atoms with Gasteiger partial charge in [0, 0.05) is 25.2 Å². The van der Waals surface area contributed by atoms with Crippen LogP contribution >= 0.6 is 0 Å². The van der Waals surface area contributed by atoms with E-state index in [0.717, 1.165) is 25.1 Å². The minimum atomic E-state index is 0.0252. The summed E-state index contributed by atoms with van der Waals surface area (Å²) in [5.74, 6) is 5.82. The summed E-state index contributed by atoms with van der Waals surface area (Å²) >= 11 is 0. The molecule has 0 aliphatic carbocycles. The normalized spacial score (nSPS) is 18.1. The number of likely N-dealkylation sites (N-methyl/N-ethyl adjacent to an activating group) is 2. The Balaban J connectivity index is 2.12. The molecule has 1 aliphatic heterocycles. The number of nitrogens with two attached hydrogens (primary N) is 1. The van der Waals surface area contributed by atoms with E-state index in [0.29, 0.717) is 18.2 Å². The average Bonchev–Trinajstić information content (AvgIpc) is 2.90. The molecule has 1 amide bonds. The summed E-state index contributed by atoms with van der Waals surface area (Å²) in [5, 5.41) is 0. The lowest BCUT2D eigenvalue weighted by molar-refractivity contribution is 0.0761. The van der Waals surface area contributed by atoms with Crippen molar-refractivity contribution in [1.29, 1.82) is 0 Å². The molecule has 4 heteroatoms. The van der Waals surface area contributed by atoms with Crippen molar-refractivity contribution in [2.45, 2.75) is 18.9 Å². The molecule has 1 atom stereocenters. The molecule has 0 aromatic heterocycles. The van der Waals surface area contributed by atoms with Crippen LogP contribution in [0.2, 0.25) is 0 Å². The van der Waals surface area contributed by atoms with Gasteiger partial charge in [0.25, 0.3) is 5.91 Å². The molecule has 0 bridgehead atoms. The molecular formula is C17H23N3O. The first-order valence-electron chi connectivity index (χ1n) is 7.37.